The van der Waals surface area contributed by atoms with Gasteiger partial charge in [-0.25, -0.2) is 0 Å². The SMILES string of the molecule is CNC(C)c1ccc(OCc2ccc(Cl)cc2Cl)c(Cl)c1. The smallest absolute Gasteiger partial charge is 0.138 e. The van der Waals surface area contributed by atoms with Gasteiger partial charge in [0.1, 0.15) is 12.4 Å². The van der Waals surface area contributed by atoms with Crippen LogP contribution in [0.2, 0.25) is 15.1 Å². The molecule has 2 nitrogen and oxygen atoms in total. The zero-order valence-corrected chi connectivity index (χ0v) is 14.1. The first-order chi connectivity index (χ1) is 10.0. The molecule has 1 atom stereocenters. The number of nitrogens with one attached hydrogen (secondary N) is 1. The number of rotatable bonds is 5. The van der Waals surface area contributed by atoms with E-state index < -0.39 is 0 Å². The first kappa shape index (κ1) is 16.4. The standard InChI is InChI=1S/C16H16Cl3NO/c1-10(20-2)11-4-6-16(15(19)7-11)21-9-12-3-5-13(17)8-14(12)18/h3-8,10,20H,9H2,1-2H3. The van der Waals surface area contributed by atoms with Crippen molar-refractivity contribution in [2.45, 2.75) is 19.6 Å². The van der Waals surface area contributed by atoms with E-state index in [-0.39, 0.29) is 6.04 Å². The lowest BCUT2D eigenvalue weighted by Gasteiger charge is -2.14. The van der Waals surface area contributed by atoms with Crippen molar-refractivity contribution in [1.82, 2.24) is 5.32 Å². The van der Waals surface area contributed by atoms with E-state index in [2.05, 4.69) is 12.2 Å². The average molecular weight is 345 g/mol. The van der Waals surface area contributed by atoms with E-state index in [4.69, 9.17) is 39.5 Å². The minimum Gasteiger partial charge on any atom is -0.487 e. The number of halogens is 3. The molecule has 2 aromatic carbocycles. The fraction of sp³-hybridized carbons (Fsp3) is 0.250. The summed E-state index contributed by atoms with van der Waals surface area (Å²) < 4.78 is 5.73. The van der Waals surface area contributed by atoms with Crippen LogP contribution in [0.5, 0.6) is 5.75 Å². The Morgan fingerprint density at radius 3 is 2.43 bits per heavy atom. The lowest BCUT2D eigenvalue weighted by atomic mass is 10.1. The van der Waals surface area contributed by atoms with Crippen LogP contribution < -0.4 is 10.1 Å². The van der Waals surface area contributed by atoms with Crippen molar-refractivity contribution in [1.29, 1.82) is 0 Å². The molecule has 5 heteroatoms. The Bertz CT molecular complexity index is 631. The summed E-state index contributed by atoms with van der Waals surface area (Å²) in [5.41, 5.74) is 1.98. The molecule has 0 saturated carbocycles. The fourth-order valence-corrected chi connectivity index (χ4v) is 2.57. The summed E-state index contributed by atoms with van der Waals surface area (Å²) in [6.07, 6.45) is 0. The molecule has 0 saturated heterocycles. The molecule has 1 unspecified atom stereocenters. The number of hydrogen-bond acceptors (Lipinski definition) is 2. The van der Waals surface area contributed by atoms with Crippen LogP contribution in [0.15, 0.2) is 36.4 Å². The second kappa shape index (κ2) is 7.37. The average Bonchev–Trinajstić information content (AvgIpc) is 2.46. The summed E-state index contributed by atoms with van der Waals surface area (Å²) in [7, 11) is 1.91. The van der Waals surface area contributed by atoms with Crippen LogP contribution in [0.25, 0.3) is 0 Å². The molecule has 0 aromatic heterocycles. The third-order valence-corrected chi connectivity index (χ3v) is 4.17. The van der Waals surface area contributed by atoms with Gasteiger partial charge >= 0.3 is 0 Å². The fourth-order valence-electron chi connectivity index (χ4n) is 1.86. The van der Waals surface area contributed by atoms with Gasteiger partial charge in [0.05, 0.1) is 5.02 Å². The van der Waals surface area contributed by atoms with E-state index in [1.54, 1.807) is 12.1 Å². The van der Waals surface area contributed by atoms with Crippen molar-refractivity contribution in [3.8, 4) is 5.75 Å². The van der Waals surface area contributed by atoms with Crippen LogP contribution in [0.1, 0.15) is 24.1 Å². The minimum atomic E-state index is 0.238. The molecule has 0 heterocycles. The molecule has 0 radical (unpaired) electrons. The highest BCUT2D eigenvalue weighted by atomic mass is 35.5. The number of hydrogen-bond donors (Lipinski definition) is 1. The molecular weight excluding hydrogens is 329 g/mol. The topological polar surface area (TPSA) is 21.3 Å². The van der Waals surface area contributed by atoms with Crippen LogP contribution >= 0.6 is 34.8 Å². The quantitative estimate of drug-likeness (QED) is 0.772. The van der Waals surface area contributed by atoms with Crippen LogP contribution in [0.4, 0.5) is 0 Å². The van der Waals surface area contributed by atoms with Crippen molar-refractivity contribution in [3.63, 3.8) is 0 Å². The maximum Gasteiger partial charge on any atom is 0.138 e. The van der Waals surface area contributed by atoms with E-state index >= 15 is 0 Å². The summed E-state index contributed by atoms with van der Waals surface area (Å²) in [5, 5.41) is 4.94. The zero-order valence-electron chi connectivity index (χ0n) is 11.8. The molecule has 0 aliphatic heterocycles. The molecule has 2 rings (SSSR count). The summed E-state index contributed by atoms with van der Waals surface area (Å²) in [6.45, 7) is 2.41. The molecule has 0 aliphatic rings. The highest BCUT2D eigenvalue weighted by Gasteiger charge is 2.09. The molecular formula is C16H16Cl3NO. The summed E-state index contributed by atoms with van der Waals surface area (Å²) in [5.74, 6) is 0.634. The van der Waals surface area contributed by atoms with Crippen molar-refractivity contribution in [3.05, 3.63) is 62.6 Å². The zero-order chi connectivity index (χ0) is 15.4. The minimum absolute atomic E-state index is 0.238. The van der Waals surface area contributed by atoms with Crippen molar-refractivity contribution in [2.24, 2.45) is 0 Å². The Labute approximate surface area is 140 Å². The number of ether oxygens (including phenoxy) is 1. The molecule has 0 amide bonds. The Morgan fingerprint density at radius 1 is 1.05 bits per heavy atom. The molecule has 2 aromatic rings. The third-order valence-electron chi connectivity index (χ3n) is 3.29. The lowest BCUT2D eigenvalue weighted by molar-refractivity contribution is 0.306. The molecule has 0 spiro atoms. The summed E-state index contributed by atoms with van der Waals surface area (Å²) in [4.78, 5) is 0. The van der Waals surface area contributed by atoms with Crippen LogP contribution in [0, 0.1) is 0 Å². The van der Waals surface area contributed by atoms with Gasteiger partial charge in [0.15, 0.2) is 0 Å². The van der Waals surface area contributed by atoms with E-state index in [1.807, 2.05) is 31.3 Å². The van der Waals surface area contributed by atoms with Crippen LogP contribution in [-0.2, 0) is 6.61 Å². The van der Waals surface area contributed by atoms with Gasteiger partial charge in [-0.1, -0.05) is 46.9 Å². The van der Waals surface area contributed by atoms with Gasteiger partial charge in [-0.3, -0.25) is 0 Å². The number of benzene rings is 2. The highest BCUT2D eigenvalue weighted by molar-refractivity contribution is 6.35. The van der Waals surface area contributed by atoms with Crippen LogP contribution in [-0.4, -0.2) is 7.05 Å². The monoisotopic (exact) mass is 343 g/mol. The first-order valence-corrected chi connectivity index (χ1v) is 7.68. The lowest BCUT2D eigenvalue weighted by Crippen LogP contribution is -2.12. The molecule has 112 valence electrons. The second-order valence-electron chi connectivity index (χ2n) is 4.72. The van der Waals surface area contributed by atoms with E-state index in [0.29, 0.717) is 27.4 Å². The highest BCUT2D eigenvalue weighted by Crippen LogP contribution is 2.29. The summed E-state index contributed by atoms with van der Waals surface area (Å²) >= 11 is 18.2. The van der Waals surface area contributed by atoms with Gasteiger partial charge in [-0.15, -0.1) is 0 Å². The Hall–Kier alpha value is -0.930. The molecule has 0 fully saturated rings. The largest absolute Gasteiger partial charge is 0.487 e. The normalized spacial score (nSPS) is 12.2. The predicted molar refractivity (Wildman–Crippen MR) is 89.7 cm³/mol. The summed E-state index contributed by atoms with van der Waals surface area (Å²) in [6, 6.07) is 11.3. The molecule has 1 N–H and O–H groups in total. The van der Waals surface area contributed by atoms with Crippen molar-refractivity contribution < 1.29 is 4.74 Å². The Balaban J connectivity index is 2.10. The van der Waals surface area contributed by atoms with Gasteiger partial charge in [0.25, 0.3) is 0 Å². The van der Waals surface area contributed by atoms with Gasteiger partial charge < -0.3 is 10.1 Å². The second-order valence-corrected chi connectivity index (χ2v) is 5.98. The third kappa shape index (κ3) is 4.27. The predicted octanol–water partition coefficient (Wildman–Crippen LogP) is 5.51. The van der Waals surface area contributed by atoms with Crippen molar-refractivity contribution in [2.75, 3.05) is 7.05 Å². The Kier molecular flexibility index (Phi) is 5.77. The first-order valence-electron chi connectivity index (χ1n) is 6.54. The van der Waals surface area contributed by atoms with Gasteiger partial charge in [-0.2, -0.15) is 0 Å². The van der Waals surface area contributed by atoms with Gasteiger partial charge in [0.2, 0.25) is 0 Å². The molecule has 21 heavy (non-hydrogen) atoms. The molecule has 0 bridgehead atoms. The maximum atomic E-state index is 6.25. The van der Waals surface area contributed by atoms with Gasteiger partial charge in [-0.05, 0) is 43.8 Å². The van der Waals surface area contributed by atoms with E-state index in [1.165, 1.54) is 0 Å². The van der Waals surface area contributed by atoms with E-state index in [0.717, 1.165) is 11.1 Å². The van der Waals surface area contributed by atoms with Crippen molar-refractivity contribution >= 4 is 34.8 Å². The van der Waals surface area contributed by atoms with Crippen LogP contribution in [0.3, 0.4) is 0 Å². The molecule has 0 aliphatic carbocycles. The maximum absolute atomic E-state index is 6.25. The van der Waals surface area contributed by atoms with E-state index in [9.17, 15) is 0 Å². The van der Waals surface area contributed by atoms with Gasteiger partial charge in [0, 0.05) is 21.7 Å². The Morgan fingerprint density at radius 2 is 1.81 bits per heavy atom.